The summed E-state index contributed by atoms with van der Waals surface area (Å²) in [6, 6.07) is 0. The second-order valence-corrected chi connectivity index (χ2v) is 2.97. The molecule has 0 heterocycles. The number of nitrogens with one attached hydrogen (secondary N) is 1. The molecule has 0 saturated heterocycles. The fourth-order valence-electron chi connectivity index (χ4n) is 0.697. The quantitative estimate of drug-likeness (QED) is 0.311. The second-order valence-electron chi connectivity index (χ2n) is 2.97. The Morgan fingerprint density at radius 1 is 0.571 bits per heavy atom. The van der Waals surface area contributed by atoms with E-state index < -0.39 is 0 Å². The Labute approximate surface area is 87.6 Å². The molecule has 0 aromatic carbocycles. The van der Waals surface area contributed by atoms with Gasteiger partial charge in [-0.25, -0.2) is 0 Å². The monoisotopic (exact) mass is 205 g/mol. The second kappa shape index (κ2) is 18.6. The van der Waals surface area contributed by atoms with E-state index in [-0.39, 0.29) is 0 Å². The van der Waals surface area contributed by atoms with E-state index in [0.717, 1.165) is 58.5 Å². The summed E-state index contributed by atoms with van der Waals surface area (Å²) in [5.41, 5.74) is 20.7. The van der Waals surface area contributed by atoms with E-state index >= 15 is 0 Å². The van der Waals surface area contributed by atoms with Gasteiger partial charge in [-0.1, -0.05) is 0 Å². The van der Waals surface area contributed by atoms with Crippen LogP contribution in [0.2, 0.25) is 0 Å². The maximum atomic E-state index is 5.28. The molecular formula is C9H27N5. The summed E-state index contributed by atoms with van der Waals surface area (Å²) in [5.74, 6) is 0. The normalized spacial score (nSPS) is 9.43. The van der Waals surface area contributed by atoms with Crippen molar-refractivity contribution >= 4 is 0 Å². The van der Waals surface area contributed by atoms with Gasteiger partial charge in [0.15, 0.2) is 0 Å². The van der Waals surface area contributed by atoms with E-state index in [2.05, 4.69) is 5.32 Å². The topological polar surface area (TPSA) is 116 Å². The lowest BCUT2D eigenvalue weighted by molar-refractivity contribution is 0.631. The van der Waals surface area contributed by atoms with Crippen LogP contribution in [0.4, 0.5) is 0 Å². The van der Waals surface area contributed by atoms with Crippen LogP contribution in [0.25, 0.3) is 0 Å². The van der Waals surface area contributed by atoms with Crippen LogP contribution >= 0.6 is 0 Å². The molecule has 0 aromatic heterocycles. The highest BCUT2D eigenvalue weighted by atomic mass is 14.8. The van der Waals surface area contributed by atoms with E-state index in [1.54, 1.807) is 0 Å². The van der Waals surface area contributed by atoms with Crippen molar-refractivity contribution in [2.75, 3.05) is 39.3 Å². The molecule has 14 heavy (non-hydrogen) atoms. The average molecular weight is 205 g/mol. The zero-order valence-corrected chi connectivity index (χ0v) is 9.17. The minimum absolute atomic E-state index is 0.719. The first-order chi connectivity index (χ1) is 6.83. The molecule has 5 nitrogen and oxygen atoms in total. The molecule has 0 atom stereocenters. The van der Waals surface area contributed by atoms with Crippen molar-refractivity contribution < 1.29 is 0 Å². The first kappa shape index (κ1) is 16.2. The van der Waals surface area contributed by atoms with E-state index in [4.69, 9.17) is 22.9 Å². The Morgan fingerprint density at radius 3 is 1.14 bits per heavy atom. The Hall–Kier alpha value is -0.200. The lowest BCUT2D eigenvalue weighted by Gasteiger charge is -2.00. The van der Waals surface area contributed by atoms with E-state index in [1.165, 1.54) is 0 Å². The maximum absolute atomic E-state index is 5.28. The summed E-state index contributed by atoms with van der Waals surface area (Å²) in [7, 11) is 0. The first-order valence-corrected chi connectivity index (χ1v) is 5.34. The molecular weight excluding hydrogens is 178 g/mol. The van der Waals surface area contributed by atoms with Gasteiger partial charge in [0.05, 0.1) is 0 Å². The Morgan fingerprint density at radius 2 is 0.929 bits per heavy atom. The lowest BCUT2D eigenvalue weighted by atomic mass is 10.4. The smallest absolute Gasteiger partial charge is 0.00369 e. The summed E-state index contributed by atoms with van der Waals surface area (Å²) in [6.45, 7) is 5.03. The average Bonchev–Trinajstić information content (AvgIpc) is 2.20. The zero-order chi connectivity index (χ0) is 11.1. The van der Waals surface area contributed by atoms with Crippen molar-refractivity contribution in [3.63, 3.8) is 0 Å². The zero-order valence-electron chi connectivity index (χ0n) is 9.17. The number of hydrogen-bond donors (Lipinski definition) is 5. The van der Waals surface area contributed by atoms with Gasteiger partial charge in [0.1, 0.15) is 0 Å². The predicted molar refractivity (Wildman–Crippen MR) is 62.9 cm³/mol. The van der Waals surface area contributed by atoms with E-state index in [1.807, 2.05) is 0 Å². The molecule has 0 fully saturated rings. The van der Waals surface area contributed by atoms with Crippen LogP contribution in [0.15, 0.2) is 0 Å². The first-order valence-electron chi connectivity index (χ1n) is 5.34. The highest BCUT2D eigenvalue weighted by Gasteiger charge is 1.83. The van der Waals surface area contributed by atoms with Gasteiger partial charge < -0.3 is 28.3 Å². The molecule has 0 spiro atoms. The van der Waals surface area contributed by atoms with Crippen LogP contribution in [0, 0.1) is 0 Å². The van der Waals surface area contributed by atoms with Gasteiger partial charge in [0.2, 0.25) is 0 Å². The molecule has 0 saturated carbocycles. The van der Waals surface area contributed by atoms with E-state index in [9.17, 15) is 0 Å². The predicted octanol–water partition coefficient (Wildman–Crippen LogP) is -1.43. The Kier molecular flexibility index (Phi) is 21.5. The number of rotatable bonds is 8. The molecule has 0 aromatic rings. The third-order valence-corrected chi connectivity index (χ3v) is 1.52. The fourth-order valence-corrected chi connectivity index (χ4v) is 0.697. The van der Waals surface area contributed by atoms with Gasteiger partial charge in [-0.2, -0.15) is 0 Å². The van der Waals surface area contributed by atoms with Crippen molar-refractivity contribution in [1.29, 1.82) is 0 Å². The standard InChI is InChI=1S/C6H17N3.C3H10N2/c7-3-1-5-9-6-2-4-8;4-2-1-3-5/h9H,1-8H2;1-5H2. The van der Waals surface area contributed by atoms with Gasteiger partial charge in [-0.15, -0.1) is 0 Å². The maximum Gasteiger partial charge on any atom is -0.00369 e. The highest BCUT2D eigenvalue weighted by Crippen LogP contribution is 1.72. The van der Waals surface area contributed by atoms with Gasteiger partial charge >= 0.3 is 0 Å². The molecule has 0 amide bonds. The Balaban J connectivity index is 0. The van der Waals surface area contributed by atoms with Crippen molar-refractivity contribution in [1.82, 2.24) is 5.32 Å². The van der Waals surface area contributed by atoms with Crippen LogP contribution in [-0.4, -0.2) is 39.3 Å². The molecule has 5 heteroatoms. The molecule has 88 valence electrons. The largest absolute Gasteiger partial charge is 0.330 e. The summed E-state index contributed by atoms with van der Waals surface area (Å²) >= 11 is 0. The number of nitrogens with two attached hydrogens (primary N) is 4. The lowest BCUT2D eigenvalue weighted by Crippen LogP contribution is -2.21. The van der Waals surface area contributed by atoms with Crippen LogP contribution < -0.4 is 28.3 Å². The van der Waals surface area contributed by atoms with Crippen molar-refractivity contribution in [2.45, 2.75) is 19.3 Å². The van der Waals surface area contributed by atoms with Gasteiger partial charge in [-0.05, 0) is 58.5 Å². The molecule has 9 N–H and O–H groups in total. The van der Waals surface area contributed by atoms with Crippen molar-refractivity contribution in [3.05, 3.63) is 0 Å². The summed E-state index contributed by atoms with van der Waals surface area (Å²) in [5, 5.41) is 3.23. The van der Waals surface area contributed by atoms with Crippen LogP contribution in [0.1, 0.15) is 19.3 Å². The SMILES string of the molecule is NCCCN.NCCCNCCCN. The molecule has 0 rings (SSSR count). The molecule has 0 unspecified atom stereocenters. The fraction of sp³-hybridized carbons (Fsp3) is 1.00. The molecule has 0 aliphatic carbocycles. The van der Waals surface area contributed by atoms with Crippen LogP contribution in [0.3, 0.4) is 0 Å². The Bertz CT molecular complexity index is 71.6. The minimum Gasteiger partial charge on any atom is -0.330 e. The third-order valence-electron chi connectivity index (χ3n) is 1.52. The molecule has 0 bridgehead atoms. The van der Waals surface area contributed by atoms with Crippen molar-refractivity contribution in [2.24, 2.45) is 22.9 Å². The van der Waals surface area contributed by atoms with Crippen LogP contribution in [0.5, 0.6) is 0 Å². The number of hydrogen-bond acceptors (Lipinski definition) is 5. The van der Waals surface area contributed by atoms with Crippen LogP contribution in [-0.2, 0) is 0 Å². The third kappa shape index (κ3) is 22.6. The van der Waals surface area contributed by atoms with Gasteiger partial charge in [-0.3, -0.25) is 0 Å². The highest BCUT2D eigenvalue weighted by molar-refractivity contribution is 4.48. The van der Waals surface area contributed by atoms with E-state index in [0.29, 0.717) is 0 Å². The van der Waals surface area contributed by atoms with Crippen molar-refractivity contribution in [3.8, 4) is 0 Å². The van der Waals surface area contributed by atoms with Gasteiger partial charge in [0.25, 0.3) is 0 Å². The summed E-state index contributed by atoms with van der Waals surface area (Å²) < 4.78 is 0. The summed E-state index contributed by atoms with van der Waals surface area (Å²) in [4.78, 5) is 0. The molecule has 0 aliphatic rings. The molecule has 0 radical (unpaired) electrons. The molecule has 0 aliphatic heterocycles. The summed E-state index contributed by atoms with van der Waals surface area (Å²) in [6.07, 6.45) is 3.06. The minimum atomic E-state index is 0.719. The van der Waals surface area contributed by atoms with Gasteiger partial charge in [0, 0.05) is 0 Å².